The van der Waals surface area contributed by atoms with Crippen LogP contribution < -0.4 is 31.6 Å². The van der Waals surface area contributed by atoms with E-state index < -0.39 is 58.1 Å². The molecule has 374 valence electrons. The van der Waals surface area contributed by atoms with Crippen molar-refractivity contribution in [3.63, 3.8) is 0 Å². The van der Waals surface area contributed by atoms with Crippen LogP contribution in [0.4, 0.5) is 65.1 Å². The highest BCUT2D eigenvalue weighted by Crippen LogP contribution is 2.47. The van der Waals surface area contributed by atoms with E-state index in [0.29, 0.717) is 58.6 Å². The number of anilines is 6. The summed E-state index contributed by atoms with van der Waals surface area (Å²) in [5.41, 5.74) is 8.38. The molecule has 72 heavy (non-hydrogen) atoms. The molecular weight excluding hydrogens is 946 g/mol. The number of nitrogens with two attached hydrogens (primary N) is 1. The summed E-state index contributed by atoms with van der Waals surface area (Å²) in [7, 11) is 1.92. The highest BCUT2D eigenvalue weighted by atomic mass is 19.4. The first kappa shape index (κ1) is 48.2. The van der Waals surface area contributed by atoms with Crippen LogP contribution in [0.3, 0.4) is 0 Å². The summed E-state index contributed by atoms with van der Waals surface area (Å²) in [6.45, 7) is 7.43. The lowest BCUT2D eigenvalue weighted by Gasteiger charge is -2.53. The molecule has 2 atom stereocenters. The summed E-state index contributed by atoms with van der Waals surface area (Å²) in [5, 5.41) is 8.19. The molecule has 0 aliphatic carbocycles. The number of aryl methyl sites for hydroxylation is 2. The van der Waals surface area contributed by atoms with E-state index in [9.17, 15) is 40.3 Å². The number of para-hydroxylation sites is 1. The number of alkyl halides is 6. The fourth-order valence-electron chi connectivity index (χ4n) is 10.5. The zero-order valence-electron chi connectivity index (χ0n) is 39.7. The second kappa shape index (κ2) is 17.4. The van der Waals surface area contributed by atoms with Crippen LogP contribution >= 0.6 is 0 Å². The van der Waals surface area contributed by atoms with Gasteiger partial charge in [0.15, 0.2) is 0 Å². The molecule has 4 aliphatic heterocycles. The molecule has 6 aromatic rings. The maximum atomic E-state index is 14.8. The third kappa shape index (κ3) is 8.56. The number of carbonyl (C=O) groups excluding carboxylic acids is 2. The first-order chi connectivity index (χ1) is 34.0. The molecule has 0 radical (unpaired) electrons. The van der Waals surface area contributed by atoms with Crippen LogP contribution in [-0.4, -0.2) is 74.9 Å². The summed E-state index contributed by atoms with van der Waals surface area (Å²) in [5.74, 6) is 0.246. The third-order valence-electron chi connectivity index (χ3n) is 13.9. The Balaban J connectivity index is 0.962. The van der Waals surface area contributed by atoms with Gasteiger partial charge < -0.3 is 36.5 Å². The number of likely N-dealkylation sites (N-methyl/N-ethyl adjacent to an activating group) is 1. The van der Waals surface area contributed by atoms with Crippen molar-refractivity contribution in [3.8, 4) is 0 Å². The number of hydrogen-bond acceptors (Lipinski definition) is 12. The van der Waals surface area contributed by atoms with Crippen LogP contribution in [0.5, 0.6) is 0 Å². The van der Waals surface area contributed by atoms with Gasteiger partial charge >= 0.3 is 12.4 Å². The van der Waals surface area contributed by atoms with Gasteiger partial charge in [-0.1, -0.05) is 18.2 Å². The number of aromatic nitrogens is 4. The van der Waals surface area contributed by atoms with Crippen molar-refractivity contribution >= 4 is 46.2 Å². The quantitative estimate of drug-likeness (QED) is 0.0764. The highest BCUT2D eigenvalue weighted by Gasteiger charge is 2.59. The molecule has 0 unspecified atom stereocenters. The van der Waals surface area contributed by atoms with Gasteiger partial charge in [-0.05, 0) is 119 Å². The van der Waals surface area contributed by atoms with Crippen LogP contribution in [0.1, 0.15) is 82.3 Å². The first-order valence-corrected chi connectivity index (χ1v) is 23.1. The van der Waals surface area contributed by atoms with Gasteiger partial charge in [-0.3, -0.25) is 9.59 Å². The minimum Gasteiger partial charge on any atom is -0.399 e. The summed E-state index contributed by atoms with van der Waals surface area (Å²) in [4.78, 5) is 53.2. The average molecular weight is 995 g/mol. The SMILES string of the molecule is Cc1nc(N[C@H](C)c2cc(NN3CC4(C3)C(=O)N(c3ccc(F)cc3)Cc3c(N[C@H](C)c5cc(N)cc(C(F)(F)F)c5)nc(C)nc34)cc(C(F)(F)F)c2)c2c(n1)C1(CN(C)C1)C(=O)N(c1ccccc1)C2. The molecular formula is C51H49F7N12O2. The van der Waals surface area contributed by atoms with Gasteiger partial charge in [0, 0.05) is 60.1 Å². The van der Waals surface area contributed by atoms with Crippen molar-refractivity contribution in [3.05, 3.63) is 153 Å². The smallest absolute Gasteiger partial charge is 0.399 e. The number of amides is 2. The van der Waals surface area contributed by atoms with Crippen LogP contribution in [0.15, 0.2) is 91.0 Å². The van der Waals surface area contributed by atoms with Crippen LogP contribution in [0, 0.1) is 19.7 Å². The summed E-state index contributed by atoms with van der Waals surface area (Å²) < 4.78 is 100. The van der Waals surface area contributed by atoms with E-state index in [2.05, 4.69) is 21.0 Å². The second-order valence-electron chi connectivity index (χ2n) is 19.3. The molecule has 14 nitrogen and oxygen atoms in total. The van der Waals surface area contributed by atoms with E-state index in [1.54, 1.807) is 43.7 Å². The molecule has 0 saturated carbocycles. The van der Waals surface area contributed by atoms with E-state index in [1.807, 2.05) is 42.3 Å². The molecule has 2 fully saturated rings. The number of hydrogen-bond donors (Lipinski definition) is 4. The number of rotatable bonds is 10. The Morgan fingerprint density at radius 2 is 1.10 bits per heavy atom. The van der Waals surface area contributed by atoms with E-state index in [4.69, 9.17) is 20.7 Å². The van der Waals surface area contributed by atoms with Crippen molar-refractivity contribution in [1.29, 1.82) is 0 Å². The molecule has 2 saturated heterocycles. The molecule has 6 heterocycles. The summed E-state index contributed by atoms with van der Waals surface area (Å²) in [6.07, 6.45) is -9.41. The number of carbonyl (C=O) groups is 2. The Bertz CT molecular complexity index is 3120. The van der Waals surface area contributed by atoms with Gasteiger partial charge in [-0.15, -0.1) is 0 Å². The van der Waals surface area contributed by atoms with Crippen molar-refractivity contribution < 1.29 is 40.3 Å². The standard InChI is InChI=1S/C51H49F7N12O2/c1-27(31-15-33(50(53,54)55)19-36(59)17-31)60-45-41-22-70(39-13-11-35(52)12-14-39)47(72)49(43(41)63-30(4)65-45)25-68(26-49)66-37-18-32(16-34(20-37)51(56,57)58)28(2)61-44-40-21-69(38-9-7-6-8-10-38)46(71)48(23-67(5)24-48)42(40)62-29(3)64-44/h6-20,27-28,66H,21-26,59H2,1-5H3,(H,60,63,65)(H,61,62,64)/t27-,28-/m1/s1. The maximum Gasteiger partial charge on any atom is 0.416 e. The van der Waals surface area contributed by atoms with Crippen molar-refractivity contribution in [2.45, 2.75) is 76.1 Å². The minimum absolute atomic E-state index is 0.0779. The molecule has 10 rings (SSSR count). The Morgan fingerprint density at radius 3 is 1.60 bits per heavy atom. The second-order valence-corrected chi connectivity index (χ2v) is 19.3. The molecule has 0 bridgehead atoms. The Hall–Kier alpha value is -7.39. The molecule has 5 N–H and O–H groups in total. The van der Waals surface area contributed by atoms with E-state index in [1.165, 1.54) is 35.2 Å². The van der Waals surface area contributed by atoms with E-state index >= 15 is 0 Å². The van der Waals surface area contributed by atoms with Gasteiger partial charge in [0.1, 0.15) is 39.9 Å². The largest absolute Gasteiger partial charge is 0.416 e. The molecule has 4 aliphatic rings. The van der Waals surface area contributed by atoms with Crippen LogP contribution in [0.2, 0.25) is 0 Å². The fourth-order valence-corrected chi connectivity index (χ4v) is 10.5. The third-order valence-corrected chi connectivity index (χ3v) is 13.9. The number of nitrogens with zero attached hydrogens (tertiary/aromatic N) is 8. The number of nitrogen functional groups attached to an aromatic ring is 1. The van der Waals surface area contributed by atoms with Crippen LogP contribution in [0.25, 0.3) is 0 Å². The number of benzene rings is 4. The molecule has 4 aromatic carbocycles. The first-order valence-electron chi connectivity index (χ1n) is 23.1. The number of fused-ring (bicyclic) bond motifs is 4. The zero-order chi connectivity index (χ0) is 51.2. The van der Waals surface area contributed by atoms with Gasteiger partial charge in [-0.25, -0.2) is 29.3 Å². The Kier molecular flexibility index (Phi) is 11.7. The van der Waals surface area contributed by atoms with Crippen LogP contribution in [-0.2, 0) is 45.9 Å². The topological polar surface area (TPSA) is 161 Å². The molecule has 2 aromatic heterocycles. The monoisotopic (exact) mass is 994 g/mol. The summed E-state index contributed by atoms with van der Waals surface area (Å²) >= 11 is 0. The van der Waals surface area contributed by atoms with E-state index in [0.717, 1.165) is 24.3 Å². The lowest BCUT2D eigenvalue weighted by atomic mass is 9.71. The predicted molar refractivity (Wildman–Crippen MR) is 256 cm³/mol. The molecule has 2 spiro atoms. The maximum absolute atomic E-state index is 14.8. The van der Waals surface area contributed by atoms with Crippen molar-refractivity contribution in [2.75, 3.05) is 64.8 Å². The van der Waals surface area contributed by atoms with Gasteiger partial charge in [0.25, 0.3) is 0 Å². The number of hydrazine groups is 1. The van der Waals surface area contributed by atoms with Crippen molar-refractivity contribution in [1.82, 2.24) is 29.8 Å². The summed E-state index contributed by atoms with van der Waals surface area (Å²) in [6, 6.07) is 19.9. The lowest BCUT2D eigenvalue weighted by molar-refractivity contribution is -0.138. The molecule has 21 heteroatoms. The van der Waals surface area contributed by atoms with Gasteiger partial charge in [-0.2, -0.15) is 26.3 Å². The van der Waals surface area contributed by atoms with Gasteiger partial charge in [0.05, 0.1) is 47.7 Å². The average Bonchev–Trinajstić information content (AvgIpc) is 3.29. The number of nitrogens with one attached hydrogen (secondary N) is 3. The fraction of sp³-hybridized carbons (Fsp3) is 0.333. The number of likely N-dealkylation sites (tertiary alicyclic amines) is 1. The predicted octanol–water partition coefficient (Wildman–Crippen LogP) is 8.85. The Labute approximate surface area is 409 Å². The lowest BCUT2D eigenvalue weighted by Crippen LogP contribution is -2.70. The zero-order valence-corrected chi connectivity index (χ0v) is 39.7. The van der Waals surface area contributed by atoms with Gasteiger partial charge in [0.2, 0.25) is 11.8 Å². The normalized spacial score (nSPS) is 18.3. The number of halogens is 7. The van der Waals surface area contributed by atoms with E-state index in [-0.39, 0.29) is 66.2 Å². The highest BCUT2D eigenvalue weighted by molar-refractivity contribution is 6.05. The van der Waals surface area contributed by atoms with Crippen molar-refractivity contribution in [2.24, 2.45) is 0 Å². The molecule has 2 amide bonds. The minimum atomic E-state index is -4.76. The Morgan fingerprint density at radius 1 is 0.625 bits per heavy atom.